The Morgan fingerprint density at radius 2 is 2.10 bits per heavy atom. The molecule has 0 radical (unpaired) electrons. The third-order valence-electron chi connectivity index (χ3n) is 3.13. The van der Waals surface area contributed by atoms with Crippen LogP contribution < -0.4 is 0 Å². The Balaban J connectivity index is 3.24. The van der Waals surface area contributed by atoms with E-state index < -0.39 is 28.9 Å². The van der Waals surface area contributed by atoms with Gasteiger partial charge in [-0.25, -0.2) is 11.4 Å². The molecule has 0 bridgehead atoms. The van der Waals surface area contributed by atoms with E-state index >= 15 is 0 Å². The third-order valence-corrected chi connectivity index (χ3v) is 3.13. The molecule has 0 fully saturated rings. The summed E-state index contributed by atoms with van der Waals surface area (Å²) < 4.78 is 4.91. The van der Waals surface area contributed by atoms with Gasteiger partial charge in [0.25, 0.3) is 0 Å². The van der Waals surface area contributed by atoms with E-state index in [2.05, 4.69) is 4.85 Å². The monoisotopic (exact) mass is 276 g/mol. The summed E-state index contributed by atoms with van der Waals surface area (Å²) in [4.78, 5) is 25.7. The van der Waals surface area contributed by atoms with Gasteiger partial charge < -0.3 is 4.74 Å². The van der Waals surface area contributed by atoms with Gasteiger partial charge in [0.1, 0.15) is 5.92 Å². The Bertz CT molecular complexity index is 524. The van der Waals surface area contributed by atoms with Gasteiger partial charge in [0.2, 0.25) is 6.54 Å². The van der Waals surface area contributed by atoms with Gasteiger partial charge in [-0.1, -0.05) is 30.3 Å². The first-order chi connectivity index (χ1) is 9.45. The first-order valence-corrected chi connectivity index (χ1v) is 6.18. The Morgan fingerprint density at radius 1 is 1.50 bits per heavy atom. The van der Waals surface area contributed by atoms with Crippen LogP contribution in [0.5, 0.6) is 0 Å². The molecule has 0 saturated carbocycles. The zero-order valence-electron chi connectivity index (χ0n) is 11.4. The number of nitro groups is 1. The van der Waals surface area contributed by atoms with E-state index in [-0.39, 0.29) is 6.61 Å². The van der Waals surface area contributed by atoms with Crippen molar-refractivity contribution in [1.29, 1.82) is 0 Å². The second-order valence-electron chi connectivity index (χ2n) is 4.46. The van der Waals surface area contributed by atoms with Crippen molar-refractivity contribution in [1.82, 2.24) is 0 Å². The molecule has 2 atom stereocenters. The molecule has 1 aromatic carbocycles. The standard InChI is InChI=1S/C14H16N2O4/c1-4-20-13(17)14(2,15-3)12(10-16(18)19)11-8-6-5-7-9-11/h5-9,12H,4,10H2,1-2H3. The lowest BCUT2D eigenvalue weighted by molar-refractivity contribution is -0.484. The fourth-order valence-electron chi connectivity index (χ4n) is 1.99. The van der Waals surface area contributed by atoms with Gasteiger partial charge in [-0.3, -0.25) is 15.0 Å². The minimum Gasteiger partial charge on any atom is -0.460 e. The van der Waals surface area contributed by atoms with Gasteiger partial charge in [0, 0.05) is 11.8 Å². The molecule has 20 heavy (non-hydrogen) atoms. The van der Waals surface area contributed by atoms with E-state index in [4.69, 9.17) is 11.3 Å². The predicted molar refractivity (Wildman–Crippen MR) is 72.7 cm³/mol. The van der Waals surface area contributed by atoms with Crippen LogP contribution >= 0.6 is 0 Å². The molecule has 2 unspecified atom stereocenters. The second-order valence-corrected chi connectivity index (χ2v) is 4.46. The Labute approximate surface area is 117 Å². The molecule has 0 spiro atoms. The van der Waals surface area contributed by atoms with Crippen molar-refractivity contribution in [3.8, 4) is 0 Å². The Hall–Kier alpha value is -2.42. The third kappa shape index (κ3) is 3.32. The van der Waals surface area contributed by atoms with Crippen LogP contribution in [-0.2, 0) is 9.53 Å². The predicted octanol–water partition coefficient (Wildman–Crippen LogP) is 2.29. The zero-order valence-corrected chi connectivity index (χ0v) is 11.4. The average molecular weight is 276 g/mol. The number of hydrogen-bond donors (Lipinski definition) is 0. The maximum atomic E-state index is 12.0. The van der Waals surface area contributed by atoms with Gasteiger partial charge in [-0.2, -0.15) is 0 Å². The minimum absolute atomic E-state index is 0.129. The molecule has 0 heterocycles. The summed E-state index contributed by atoms with van der Waals surface area (Å²) in [5.41, 5.74) is -1.03. The number of ether oxygens (including phenoxy) is 1. The van der Waals surface area contributed by atoms with Crippen LogP contribution in [0, 0.1) is 16.7 Å². The SMILES string of the molecule is [C-]#[N+]C(C)(C(=O)OCC)C(C[N+](=O)[O-])c1ccccc1. The summed E-state index contributed by atoms with van der Waals surface area (Å²) in [6.45, 7) is 9.94. The number of carbonyl (C=O) groups is 1. The second kappa shape index (κ2) is 6.66. The summed E-state index contributed by atoms with van der Waals surface area (Å²) in [5.74, 6) is -1.58. The van der Waals surface area contributed by atoms with E-state index in [1.807, 2.05) is 0 Å². The van der Waals surface area contributed by atoms with Crippen molar-refractivity contribution in [3.63, 3.8) is 0 Å². The van der Waals surface area contributed by atoms with Crippen molar-refractivity contribution in [3.05, 3.63) is 57.4 Å². The van der Waals surface area contributed by atoms with Gasteiger partial charge >= 0.3 is 11.5 Å². The lowest BCUT2D eigenvalue weighted by Crippen LogP contribution is -2.42. The van der Waals surface area contributed by atoms with Gasteiger partial charge in [-0.05, 0) is 12.5 Å². The molecule has 6 nitrogen and oxygen atoms in total. The number of esters is 1. The number of carbonyl (C=O) groups excluding carboxylic acids is 1. The number of rotatable bonds is 6. The fraction of sp³-hybridized carbons (Fsp3) is 0.429. The maximum absolute atomic E-state index is 12.0. The smallest absolute Gasteiger partial charge is 0.393 e. The zero-order chi connectivity index (χ0) is 15.2. The van der Waals surface area contributed by atoms with Crippen molar-refractivity contribution in [2.45, 2.75) is 25.3 Å². The van der Waals surface area contributed by atoms with Crippen molar-refractivity contribution < 1.29 is 14.5 Å². The molecule has 6 heteroatoms. The molecule has 0 N–H and O–H groups in total. The summed E-state index contributed by atoms with van der Waals surface area (Å²) in [7, 11) is 0. The van der Waals surface area contributed by atoms with E-state index in [1.54, 1.807) is 37.3 Å². The summed E-state index contributed by atoms with van der Waals surface area (Å²) in [5, 5.41) is 10.9. The Kier molecular flexibility index (Phi) is 5.21. The normalized spacial score (nSPS) is 14.7. The molecule has 0 aliphatic carbocycles. The molecule has 0 aromatic heterocycles. The van der Waals surface area contributed by atoms with E-state index in [1.165, 1.54) is 6.92 Å². The lowest BCUT2D eigenvalue weighted by atomic mass is 9.81. The van der Waals surface area contributed by atoms with Crippen LogP contribution in [0.3, 0.4) is 0 Å². The molecule has 1 aromatic rings. The first kappa shape index (κ1) is 15.6. The number of benzene rings is 1. The van der Waals surface area contributed by atoms with Crippen LogP contribution in [0.4, 0.5) is 0 Å². The van der Waals surface area contributed by atoms with Crippen LogP contribution in [0.1, 0.15) is 25.3 Å². The highest BCUT2D eigenvalue weighted by molar-refractivity contribution is 5.84. The van der Waals surface area contributed by atoms with E-state index in [0.29, 0.717) is 5.56 Å². The quantitative estimate of drug-likeness (QED) is 0.346. The molecule has 0 amide bonds. The average Bonchev–Trinajstić information content (AvgIpc) is 2.45. The number of nitrogens with zero attached hydrogens (tertiary/aromatic N) is 2. The van der Waals surface area contributed by atoms with Crippen molar-refractivity contribution in [2.75, 3.05) is 13.2 Å². The minimum atomic E-state index is -1.61. The molecule has 0 aliphatic rings. The Morgan fingerprint density at radius 3 is 2.55 bits per heavy atom. The molecule has 106 valence electrons. The fourth-order valence-corrected chi connectivity index (χ4v) is 1.99. The van der Waals surface area contributed by atoms with Crippen LogP contribution in [-0.4, -0.2) is 29.6 Å². The van der Waals surface area contributed by atoms with Gasteiger partial charge in [-0.15, -0.1) is 0 Å². The number of hydrogen-bond acceptors (Lipinski definition) is 4. The molecule has 0 aliphatic heterocycles. The highest BCUT2D eigenvalue weighted by Gasteiger charge is 2.53. The van der Waals surface area contributed by atoms with Gasteiger partial charge in [0.05, 0.1) is 6.61 Å². The molecule has 1 rings (SSSR count). The molecular formula is C14H16N2O4. The summed E-state index contributed by atoms with van der Waals surface area (Å²) >= 11 is 0. The van der Waals surface area contributed by atoms with E-state index in [9.17, 15) is 14.9 Å². The lowest BCUT2D eigenvalue weighted by Gasteiger charge is -2.23. The molecular weight excluding hydrogens is 260 g/mol. The van der Waals surface area contributed by atoms with E-state index in [0.717, 1.165) is 0 Å². The topological polar surface area (TPSA) is 73.8 Å². The van der Waals surface area contributed by atoms with Crippen LogP contribution in [0.2, 0.25) is 0 Å². The van der Waals surface area contributed by atoms with Crippen molar-refractivity contribution >= 4 is 5.97 Å². The highest BCUT2D eigenvalue weighted by Crippen LogP contribution is 2.33. The maximum Gasteiger partial charge on any atom is 0.393 e. The molecule has 0 saturated heterocycles. The largest absolute Gasteiger partial charge is 0.460 e. The first-order valence-electron chi connectivity index (χ1n) is 6.18. The van der Waals surface area contributed by atoms with Crippen LogP contribution in [0.15, 0.2) is 30.3 Å². The van der Waals surface area contributed by atoms with Crippen molar-refractivity contribution in [2.24, 2.45) is 0 Å². The summed E-state index contributed by atoms with van der Waals surface area (Å²) in [6.07, 6.45) is 0. The highest BCUT2D eigenvalue weighted by atomic mass is 16.6. The van der Waals surface area contributed by atoms with Gasteiger partial charge in [0.15, 0.2) is 0 Å². The summed E-state index contributed by atoms with van der Waals surface area (Å²) in [6, 6.07) is 8.56. The van der Waals surface area contributed by atoms with Crippen LogP contribution in [0.25, 0.3) is 4.85 Å².